The number of aromatic nitrogens is 4. The first-order chi connectivity index (χ1) is 31.1. The highest BCUT2D eigenvalue weighted by atomic mass is 16.3. The molecule has 0 unspecified atom stereocenters. The van der Waals surface area contributed by atoms with Crippen molar-refractivity contribution >= 4 is 76.1 Å². The molecule has 12 aromatic rings. The van der Waals surface area contributed by atoms with Crippen molar-refractivity contribution in [2.75, 3.05) is 0 Å². The van der Waals surface area contributed by atoms with Gasteiger partial charge in [0.25, 0.3) is 0 Å². The van der Waals surface area contributed by atoms with Crippen molar-refractivity contribution in [2.24, 2.45) is 0 Å². The number of hydrogen-bond acceptors (Lipinski definition) is 4. The third-order valence-electron chi connectivity index (χ3n) is 10.7. The van der Waals surface area contributed by atoms with Crippen LogP contribution in [0.1, 0.15) is 11.0 Å². The fraction of sp³-hybridized carbons (Fsp3) is 0. The van der Waals surface area contributed by atoms with Crippen LogP contribution in [-0.4, -0.2) is 19.5 Å². The summed E-state index contributed by atoms with van der Waals surface area (Å²) < 4.78 is 80.4. The zero-order valence-corrected chi connectivity index (χ0v) is 29.4. The highest BCUT2D eigenvalue weighted by molar-refractivity contribution is 6.26. The van der Waals surface area contributed by atoms with Gasteiger partial charge in [-0.15, -0.1) is 0 Å². The molecular formula is C51H30N4O. The van der Waals surface area contributed by atoms with Crippen LogP contribution in [0.25, 0.3) is 116 Å². The first kappa shape index (κ1) is 23.9. The zero-order valence-electron chi connectivity index (χ0n) is 37.4. The Morgan fingerprint density at radius 2 is 0.929 bits per heavy atom. The Morgan fingerprint density at radius 1 is 0.411 bits per heavy atom. The maximum Gasteiger partial charge on any atom is 0.167 e. The number of nitrogens with zero attached hydrogens (tertiary/aromatic N) is 4. The van der Waals surface area contributed by atoms with Gasteiger partial charge in [0.2, 0.25) is 0 Å². The van der Waals surface area contributed by atoms with Crippen molar-refractivity contribution in [3.8, 4) is 39.9 Å². The SMILES string of the molecule is [2H]c1c([2H])c([2H])c2c(c1[2H])c1c([2H])c([2H])c([2H])c([2H])c1n2-c1cc2c3ccccc3c3ccccc3c2cc1-c1nc(-c2ccccc2)nc(-c2cccc3c2oc2ccccc23)n1. The van der Waals surface area contributed by atoms with Gasteiger partial charge in [0, 0.05) is 32.7 Å². The Labute approximate surface area is 332 Å². The fourth-order valence-electron chi connectivity index (χ4n) is 8.22. The lowest BCUT2D eigenvalue weighted by Crippen LogP contribution is -2.04. The molecule has 0 atom stereocenters. The van der Waals surface area contributed by atoms with E-state index in [4.69, 9.17) is 24.9 Å². The maximum absolute atomic E-state index is 9.41. The number of rotatable bonds is 4. The molecule has 0 aliphatic heterocycles. The largest absolute Gasteiger partial charge is 0.455 e. The molecular weight excluding hydrogens is 685 g/mol. The molecule has 0 aliphatic rings. The minimum absolute atomic E-state index is 0.0108. The van der Waals surface area contributed by atoms with Crippen molar-refractivity contribution in [3.63, 3.8) is 0 Å². The molecule has 12 rings (SSSR count). The summed E-state index contributed by atoms with van der Waals surface area (Å²) >= 11 is 0. The molecule has 0 saturated carbocycles. The van der Waals surface area contributed by atoms with E-state index in [2.05, 4.69) is 18.2 Å². The van der Waals surface area contributed by atoms with Gasteiger partial charge in [-0.25, -0.2) is 15.0 Å². The van der Waals surface area contributed by atoms with Crippen LogP contribution in [0.2, 0.25) is 0 Å². The lowest BCUT2D eigenvalue weighted by molar-refractivity contribution is 0.669. The van der Waals surface area contributed by atoms with Gasteiger partial charge in [-0.05, 0) is 68.7 Å². The summed E-state index contributed by atoms with van der Waals surface area (Å²) in [5.41, 5.74) is 3.36. The molecule has 5 nitrogen and oxygen atoms in total. The summed E-state index contributed by atoms with van der Waals surface area (Å²) in [6, 6.07) is 39.5. The van der Waals surface area contributed by atoms with Gasteiger partial charge in [-0.3, -0.25) is 0 Å². The Balaban J connectivity index is 1.30. The van der Waals surface area contributed by atoms with E-state index in [1.165, 1.54) is 0 Å². The van der Waals surface area contributed by atoms with Crippen LogP contribution in [0, 0.1) is 0 Å². The van der Waals surface area contributed by atoms with Crippen molar-refractivity contribution in [1.82, 2.24) is 19.5 Å². The van der Waals surface area contributed by atoms with Gasteiger partial charge in [0.15, 0.2) is 17.5 Å². The van der Waals surface area contributed by atoms with Gasteiger partial charge in [0.1, 0.15) is 11.2 Å². The summed E-state index contributed by atoms with van der Waals surface area (Å²) in [5, 5.41) is 7.27. The standard InChI is InChI=1S/C51H30N4O/c1-2-15-31(16-3-1)49-52-50(40-25-14-24-39-38-23-10-13-28-47(38)56-48(39)40)54-51(53-49)43-29-41-34-19-6-4-17-32(34)33-18-5-7-20-35(33)42(41)30-46(43)55-44-26-11-8-21-36(44)37-22-9-12-27-45(37)55/h1-30H/i8D,9D,11D,12D,21D,22D,26D,27D. The second-order valence-electron chi connectivity index (χ2n) is 13.7. The minimum atomic E-state index is -0.519. The zero-order chi connectivity index (χ0) is 43.7. The normalized spacial score (nSPS) is 13.9. The van der Waals surface area contributed by atoms with Crippen molar-refractivity contribution in [1.29, 1.82) is 0 Å². The molecule has 260 valence electrons. The van der Waals surface area contributed by atoms with E-state index in [-0.39, 0.29) is 27.6 Å². The Hall–Kier alpha value is -7.63. The molecule has 56 heavy (non-hydrogen) atoms. The average molecular weight is 723 g/mol. The smallest absolute Gasteiger partial charge is 0.167 e. The van der Waals surface area contributed by atoms with Gasteiger partial charge in [-0.1, -0.05) is 145 Å². The Morgan fingerprint density at radius 3 is 1.61 bits per heavy atom. The molecule has 3 heterocycles. The van der Waals surface area contributed by atoms with E-state index in [1.54, 1.807) is 4.57 Å². The predicted molar refractivity (Wildman–Crippen MR) is 230 cm³/mol. The molecule has 0 bridgehead atoms. The third kappa shape index (κ3) is 4.52. The summed E-state index contributed by atoms with van der Waals surface area (Å²) in [6.45, 7) is 0. The molecule has 0 fully saturated rings. The fourth-order valence-corrected chi connectivity index (χ4v) is 8.22. The lowest BCUT2D eigenvalue weighted by Gasteiger charge is -2.18. The van der Waals surface area contributed by atoms with E-state index in [0.29, 0.717) is 45.2 Å². The van der Waals surface area contributed by atoms with Crippen LogP contribution < -0.4 is 0 Å². The summed E-state index contributed by atoms with van der Waals surface area (Å²) in [7, 11) is 0. The summed E-state index contributed by atoms with van der Waals surface area (Å²) in [6.07, 6.45) is 0. The number of fused-ring (bicyclic) bond motifs is 12. The molecule has 0 N–H and O–H groups in total. The van der Waals surface area contributed by atoms with Crippen molar-refractivity contribution in [3.05, 3.63) is 182 Å². The van der Waals surface area contributed by atoms with Gasteiger partial charge in [0.05, 0.1) is 33.3 Å². The number of para-hydroxylation sites is 4. The van der Waals surface area contributed by atoms with Crippen molar-refractivity contribution < 1.29 is 15.4 Å². The van der Waals surface area contributed by atoms with Crippen molar-refractivity contribution in [2.45, 2.75) is 0 Å². The van der Waals surface area contributed by atoms with Crippen LogP contribution >= 0.6 is 0 Å². The van der Waals surface area contributed by atoms with Crippen LogP contribution in [0.4, 0.5) is 0 Å². The first-order valence-corrected chi connectivity index (χ1v) is 18.2. The molecule has 9 aromatic carbocycles. The topological polar surface area (TPSA) is 56.7 Å². The number of benzene rings is 9. The van der Waals surface area contributed by atoms with Crippen LogP contribution in [0.15, 0.2) is 186 Å². The first-order valence-electron chi connectivity index (χ1n) is 22.2. The van der Waals surface area contributed by atoms with Gasteiger partial charge >= 0.3 is 0 Å². The second kappa shape index (κ2) is 11.9. The molecule has 3 aromatic heterocycles. The van der Waals surface area contributed by atoms with E-state index < -0.39 is 48.3 Å². The van der Waals surface area contributed by atoms with E-state index >= 15 is 0 Å². The third-order valence-corrected chi connectivity index (χ3v) is 10.7. The van der Waals surface area contributed by atoms with E-state index in [9.17, 15) is 5.48 Å². The molecule has 0 aliphatic carbocycles. The maximum atomic E-state index is 9.41. The van der Waals surface area contributed by atoms with Gasteiger partial charge in [-0.2, -0.15) is 0 Å². The average Bonchev–Trinajstić information content (AvgIpc) is 3.91. The Bertz CT molecular complexity index is 3940. The van der Waals surface area contributed by atoms with Crippen LogP contribution in [-0.2, 0) is 0 Å². The number of hydrogen-bond donors (Lipinski definition) is 0. The van der Waals surface area contributed by atoms with Crippen LogP contribution in [0.5, 0.6) is 0 Å². The quantitative estimate of drug-likeness (QED) is 0.170. The summed E-state index contributed by atoms with van der Waals surface area (Å²) in [5.74, 6) is 0.881. The molecule has 0 saturated heterocycles. The second-order valence-corrected chi connectivity index (χ2v) is 13.7. The minimum Gasteiger partial charge on any atom is -0.455 e. The number of furan rings is 1. The highest BCUT2D eigenvalue weighted by Crippen LogP contribution is 2.43. The van der Waals surface area contributed by atoms with E-state index in [1.807, 2.05) is 115 Å². The van der Waals surface area contributed by atoms with Gasteiger partial charge < -0.3 is 8.98 Å². The molecule has 0 radical (unpaired) electrons. The predicted octanol–water partition coefficient (Wildman–Crippen LogP) is 13.3. The monoisotopic (exact) mass is 722 g/mol. The summed E-state index contributed by atoms with van der Waals surface area (Å²) in [4.78, 5) is 15.5. The Kier molecular flexibility index (Phi) is 5.10. The molecule has 0 amide bonds. The lowest BCUT2D eigenvalue weighted by atomic mass is 9.92. The van der Waals surface area contributed by atoms with E-state index in [0.717, 1.165) is 43.1 Å². The van der Waals surface area contributed by atoms with Crippen LogP contribution in [0.3, 0.4) is 0 Å². The molecule has 5 heteroatoms. The molecule has 0 spiro atoms. The highest BCUT2D eigenvalue weighted by Gasteiger charge is 2.23.